The number of aliphatic hydroxyl groups is 1. The predicted molar refractivity (Wildman–Crippen MR) is 78.7 cm³/mol. The summed E-state index contributed by atoms with van der Waals surface area (Å²) in [6.45, 7) is 0.811. The van der Waals surface area contributed by atoms with E-state index in [0.717, 1.165) is 0 Å². The molecule has 4 N–H and O–H groups in total. The Balaban J connectivity index is 2.11. The van der Waals surface area contributed by atoms with E-state index < -0.39 is 15.6 Å². The number of benzene rings is 1. The molecule has 0 unspecified atom stereocenters. The lowest BCUT2D eigenvalue weighted by molar-refractivity contribution is -0.0588. The molecule has 0 aliphatic carbocycles. The van der Waals surface area contributed by atoms with Crippen LogP contribution in [0.2, 0.25) is 0 Å². The summed E-state index contributed by atoms with van der Waals surface area (Å²) in [6, 6.07) is 4.56. The van der Waals surface area contributed by atoms with Crippen LogP contribution in [-0.4, -0.2) is 38.9 Å². The third-order valence-corrected chi connectivity index (χ3v) is 5.24. The molecule has 1 aromatic carbocycles. The predicted octanol–water partition coefficient (Wildman–Crippen LogP) is 0.851. The van der Waals surface area contributed by atoms with Gasteiger partial charge in [0.25, 0.3) is 0 Å². The fraction of sp³-hybridized carbons (Fsp3) is 0.500. The normalized spacial score (nSPS) is 18.9. The molecule has 0 atom stereocenters. The lowest BCUT2D eigenvalue weighted by atomic mass is 9.95. The van der Waals surface area contributed by atoms with Crippen LogP contribution >= 0.6 is 15.9 Å². The molecule has 0 saturated carbocycles. The molecule has 1 saturated heterocycles. The number of halogens is 1. The minimum atomic E-state index is -3.74. The van der Waals surface area contributed by atoms with Gasteiger partial charge in [0.2, 0.25) is 10.0 Å². The number of nitrogen functional groups attached to an aromatic ring is 1. The highest BCUT2D eigenvalue weighted by molar-refractivity contribution is 9.10. The highest BCUT2D eigenvalue weighted by atomic mass is 79.9. The van der Waals surface area contributed by atoms with Crippen molar-refractivity contribution in [1.82, 2.24) is 4.72 Å². The Morgan fingerprint density at radius 1 is 1.40 bits per heavy atom. The van der Waals surface area contributed by atoms with E-state index in [1.807, 2.05) is 0 Å². The standard InChI is InChI=1S/C12H17BrN2O4S/c13-9-1-2-11(10(14)7-9)20(17,18)15-8-12(16)3-5-19-6-4-12/h1-2,7,15-16H,3-6,8,14H2. The molecule has 8 heteroatoms. The molecule has 0 aromatic heterocycles. The zero-order valence-corrected chi connectivity index (χ0v) is 13.2. The zero-order chi connectivity index (χ0) is 14.8. The van der Waals surface area contributed by atoms with Gasteiger partial charge in [-0.1, -0.05) is 15.9 Å². The monoisotopic (exact) mass is 364 g/mol. The summed E-state index contributed by atoms with van der Waals surface area (Å²) in [6.07, 6.45) is 0.816. The number of nitrogens with two attached hydrogens (primary N) is 1. The topological polar surface area (TPSA) is 102 Å². The van der Waals surface area contributed by atoms with Gasteiger partial charge in [-0.05, 0) is 18.2 Å². The summed E-state index contributed by atoms with van der Waals surface area (Å²) in [5.41, 5.74) is 4.82. The van der Waals surface area contributed by atoms with E-state index in [1.165, 1.54) is 12.1 Å². The molecule has 1 aliphatic rings. The van der Waals surface area contributed by atoms with Crippen LogP contribution in [0.4, 0.5) is 5.69 Å². The molecule has 112 valence electrons. The van der Waals surface area contributed by atoms with Gasteiger partial charge in [-0.2, -0.15) is 0 Å². The second-order valence-corrected chi connectivity index (χ2v) is 7.49. The van der Waals surface area contributed by atoms with Crippen molar-refractivity contribution in [3.63, 3.8) is 0 Å². The number of hydrogen-bond donors (Lipinski definition) is 3. The molecule has 1 aliphatic heterocycles. The van der Waals surface area contributed by atoms with E-state index in [9.17, 15) is 13.5 Å². The van der Waals surface area contributed by atoms with Gasteiger partial charge in [0.1, 0.15) is 4.90 Å². The molecule has 2 rings (SSSR count). The first kappa shape index (κ1) is 15.7. The quantitative estimate of drug-likeness (QED) is 0.687. The Kier molecular flexibility index (Phi) is 4.70. The molecule has 0 radical (unpaired) electrons. The number of sulfonamides is 1. The molecule has 1 heterocycles. The SMILES string of the molecule is Nc1cc(Br)ccc1S(=O)(=O)NCC1(O)CCOCC1. The van der Waals surface area contributed by atoms with Crippen molar-refractivity contribution in [1.29, 1.82) is 0 Å². The first-order valence-corrected chi connectivity index (χ1v) is 8.45. The van der Waals surface area contributed by atoms with Gasteiger partial charge >= 0.3 is 0 Å². The van der Waals surface area contributed by atoms with Crippen LogP contribution in [0.5, 0.6) is 0 Å². The van der Waals surface area contributed by atoms with Crippen molar-refractivity contribution in [2.45, 2.75) is 23.3 Å². The molecular weight excluding hydrogens is 348 g/mol. The molecule has 0 spiro atoms. The van der Waals surface area contributed by atoms with Gasteiger partial charge in [0, 0.05) is 37.1 Å². The first-order valence-electron chi connectivity index (χ1n) is 6.17. The first-order chi connectivity index (χ1) is 9.32. The van der Waals surface area contributed by atoms with E-state index in [0.29, 0.717) is 30.5 Å². The van der Waals surface area contributed by atoms with Crippen molar-refractivity contribution in [2.24, 2.45) is 0 Å². The number of rotatable bonds is 4. The minimum Gasteiger partial charge on any atom is -0.398 e. The van der Waals surface area contributed by atoms with Gasteiger partial charge in [-0.25, -0.2) is 13.1 Å². The number of ether oxygens (including phenoxy) is 1. The fourth-order valence-electron chi connectivity index (χ4n) is 2.00. The number of nitrogens with one attached hydrogen (secondary N) is 1. The minimum absolute atomic E-state index is 0.0105. The van der Waals surface area contributed by atoms with Crippen LogP contribution in [0, 0.1) is 0 Å². The summed E-state index contributed by atoms with van der Waals surface area (Å²) < 4.78 is 32.7. The maximum atomic E-state index is 12.2. The molecule has 1 fully saturated rings. The van der Waals surface area contributed by atoms with Crippen molar-refractivity contribution in [3.8, 4) is 0 Å². The average molecular weight is 365 g/mol. The Hall–Kier alpha value is -0.670. The van der Waals surface area contributed by atoms with Crippen LogP contribution < -0.4 is 10.5 Å². The number of hydrogen-bond acceptors (Lipinski definition) is 5. The molecule has 20 heavy (non-hydrogen) atoms. The van der Waals surface area contributed by atoms with E-state index in [-0.39, 0.29) is 17.1 Å². The molecule has 6 nitrogen and oxygen atoms in total. The molecular formula is C12H17BrN2O4S. The van der Waals surface area contributed by atoms with Gasteiger partial charge in [0.15, 0.2) is 0 Å². The van der Waals surface area contributed by atoms with Crippen LogP contribution in [0.3, 0.4) is 0 Å². The third kappa shape index (κ3) is 3.70. The van der Waals surface area contributed by atoms with Gasteiger partial charge in [-0.15, -0.1) is 0 Å². The summed E-state index contributed by atoms with van der Waals surface area (Å²) in [4.78, 5) is 0.0105. The number of anilines is 1. The maximum absolute atomic E-state index is 12.2. The van der Waals surface area contributed by atoms with Crippen molar-refractivity contribution in [3.05, 3.63) is 22.7 Å². The highest BCUT2D eigenvalue weighted by Crippen LogP contribution is 2.24. The largest absolute Gasteiger partial charge is 0.398 e. The average Bonchev–Trinajstić information content (AvgIpc) is 2.37. The fourth-order valence-corrected chi connectivity index (χ4v) is 3.61. The smallest absolute Gasteiger partial charge is 0.242 e. The Bertz CT molecular complexity index is 585. The van der Waals surface area contributed by atoms with Gasteiger partial charge in [0.05, 0.1) is 11.3 Å². The maximum Gasteiger partial charge on any atom is 0.242 e. The van der Waals surface area contributed by atoms with Crippen molar-refractivity contribution in [2.75, 3.05) is 25.5 Å². The van der Waals surface area contributed by atoms with Crippen LogP contribution in [-0.2, 0) is 14.8 Å². The van der Waals surface area contributed by atoms with Crippen LogP contribution in [0.25, 0.3) is 0 Å². The molecule has 0 amide bonds. The lowest BCUT2D eigenvalue weighted by Crippen LogP contribution is -2.46. The Morgan fingerprint density at radius 3 is 2.65 bits per heavy atom. The van der Waals surface area contributed by atoms with Crippen LogP contribution in [0.15, 0.2) is 27.6 Å². The second-order valence-electron chi connectivity index (χ2n) is 4.84. The second kappa shape index (κ2) is 5.98. The summed E-state index contributed by atoms with van der Waals surface area (Å²) in [7, 11) is -3.74. The van der Waals surface area contributed by atoms with Crippen LogP contribution in [0.1, 0.15) is 12.8 Å². The van der Waals surface area contributed by atoms with Crippen molar-refractivity contribution >= 4 is 31.6 Å². The molecule has 1 aromatic rings. The van der Waals surface area contributed by atoms with Crippen molar-refractivity contribution < 1.29 is 18.3 Å². The van der Waals surface area contributed by atoms with E-state index in [1.54, 1.807) is 6.07 Å². The molecule has 0 bridgehead atoms. The van der Waals surface area contributed by atoms with Gasteiger partial charge in [-0.3, -0.25) is 0 Å². The highest BCUT2D eigenvalue weighted by Gasteiger charge is 2.31. The third-order valence-electron chi connectivity index (χ3n) is 3.28. The van der Waals surface area contributed by atoms with E-state index >= 15 is 0 Å². The Morgan fingerprint density at radius 2 is 2.05 bits per heavy atom. The lowest BCUT2D eigenvalue weighted by Gasteiger charge is -2.32. The summed E-state index contributed by atoms with van der Waals surface area (Å²) >= 11 is 3.22. The van der Waals surface area contributed by atoms with E-state index in [4.69, 9.17) is 10.5 Å². The zero-order valence-electron chi connectivity index (χ0n) is 10.8. The van der Waals surface area contributed by atoms with Gasteiger partial charge < -0.3 is 15.6 Å². The summed E-state index contributed by atoms with van der Waals surface area (Å²) in [5, 5.41) is 10.2. The Labute approximate surface area is 126 Å². The van der Waals surface area contributed by atoms with E-state index in [2.05, 4.69) is 20.7 Å². The summed E-state index contributed by atoms with van der Waals surface area (Å²) in [5.74, 6) is 0.